The summed E-state index contributed by atoms with van der Waals surface area (Å²) in [5, 5.41) is 11.1. The first-order valence-electron chi connectivity index (χ1n) is 7.05. The fourth-order valence-corrected chi connectivity index (χ4v) is 2.49. The highest BCUT2D eigenvalue weighted by Gasteiger charge is 2.27. The van der Waals surface area contributed by atoms with Crippen LogP contribution in [-0.2, 0) is 0 Å². The van der Waals surface area contributed by atoms with E-state index in [1.54, 1.807) is 30.3 Å². The van der Waals surface area contributed by atoms with Gasteiger partial charge in [-0.2, -0.15) is 0 Å². The molecule has 2 aromatic carbocycles. The van der Waals surface area contributed by atoms with Gasteiger partial charge in [0.2, 0.25) is 0 Å². The second-order valence-electron chi connectivity index (χ2n) is 6.35. The van der Waals surface area contributed by atoms with Crippen molar-refractivity contribution >= 4 is 11.6 Å². The molecule has 1 N–H and O–H groups in total. The molecule has 0 bridgehead atoms. The molecule has 0 amide bonds. The first-order valence-corrected chi connectivity index (χ1v) is 7.43. The van der Waals surface area contributed by atoms with Crippen molar-refractivity contribution in [3.05, 3.63) is 52.8 Å². The van der Waals surface area contributed by atoms with Crippen molar-refractivity contribution in [2.75, 3.05) is 7.11 Å². The normalized spacial score (nSPS) is 13.0. The van der Waals surface area contributed by atoms with Crippen LogP contribution in [0.15, 0.2) is 36.4 Å². The van der Waals surface area contributed by atoms with Crippen molar-refractivity contribution in [3.8, 4) is 16.9 Å². The number of ether oxygens (including phenoxy) is 1. The van der Waals surface area contributed by atoms with Gasteiger partial charge in [0.25, 0.3) is 0 Å². The topological polar surface area (TPSA) is 29.5 Å². The molecule has 0 fully saturated rings. The third-order valence-electron chi connectivity index (χ3n) is 3.59. The first kappa shape index (κ1) is 16.8. The number of hydrogen-bond donors (Lipinski definition) is 1. The minimum atomic E-state index is -0.771. The standard InChI is InChI=1S/C18H20ClFO2/c1-18(2,3)17(21)15-9-11(19)5-7-13(15)14-10-12(22-4)6-8-16(14)20/h5-10,17,21H,1-4H3. The fraction of sp³-hybridized carbons (Fsp3) is 0.333. The van der Waals surface area contributed by atoms with Gasteiger partial charge in [0, 0.05) is 10.6 Å². The number of hydrogen-bond acceptors (Lipinski definition) is 2. The largest absolute Gasteiger partial charge is 0.497 e. The summed E-state index contributed by atoms with van der Waals surface area (Å²) in [5.41, 5.74) is 1.21. The van der Waals surface area contributed by atoms with Gasteiger partial charge in [-0.1, -0.05) is 38.4 Å². The van der Waals surface area contributed by atoms with Crippen molar-refractivity contribution in [3.63, 3.8) is 0 Å². The number of rotatable bonds is 3. The van der Waals surface area contributed by atoms with Gasteiger partial charge in [-0.15, -0.1) is 0 Å². The Hall–Kier alpha value is -1.58. The molecule has 0 saturated heterocycles. The monoisotopic (exact) mass is 322 g/mol. The molecule has 22 heavy (non-hydrogen) atoms. The Morgan fingerprint density at radius 2 is 1.77 bits per heavy atom. The number of aliphatic hydroxyl groups is 1. The molecule has 2 rings (SSSR count). The van der Waals surface area contributed by atoms with E-state index in [4.69, 9.17) is 16.3 Å². The quantitative estimate of drug-likeness (QED) is 0.838. The molecule has 118 valence electrons. The van der Waals surface area contributed by atoms with E-state index in [9.17, 15) is 9.50 Å². The van der Waals surface area contributed by atoms with Crippen LogP contribution in [-0.4, -0.2) is 12.2 Å². The zero-order chi connectivity index (χ0) is 16.5. The highest BCUT2D eigenvalue weighted by atomic mass is 35.5. The van der Waals surface area contributed by atoms with Crippen LogP contribution in [0, 0.1) is 11.2 Å². The molecule has 0 saturated carbocycles. The molecule has 0 aromatic heterocycles. The van der Waals surface area contributed by atoms with Crippen LogP contribution in [0.4, 0.5) is 4.39 Å². The lowest BCUT2D eigenvalue weighted by molar-refractivity contribution is 0.0631. The summed E-state index contributed by atoms with van der Waals surface area (Å²) in [6, 6.07) is 9.65. The fourth-order valence-electron chi connectivity index (χ4n) is 2.31. The second kappa shape index (κ2) is 6.27. The first-order chi connectivity index (χ1) is 10.2. The van der Waals surface area contributed by atoms with E-state index < -0.39 is 11.5 Å². The zero-order valence-corrected chi connectivity index (χ0v) is 13.9. The minimum absolute atomic E-state index is 0.370. The summed E-state index contributed by atoms with van der Waals surface area (Å²) in [6.07, 6.45) is -0.771. The zero-order valence-electron chi connectivity index (χ0n) is 13.2. The predicted molar refractivity (Wildman–Crippen MR) is 87.8 cm³/mol. The lowest BCUT2D eigenvalue weighted by Crippen LogP contribution is -2.18. The number of benzene rings is 2. The van der Waals surface area contributed by atoms with E-state index >= 15 is 0 Å². The maximum Gasteiger partial charge on any atom is 0.131 e. The molecule has 1 unspecified atom stereocenters. The van der Waals surface area contributed by atoms with E-state index in [0.29, 0.717) is 27.5 Å². The van der Waals surface area contributed by atoms with Crippen molar-refractivity contribution in [2.45, 2.75) is 26.9 Å². The third kappa shape index (κ3) is 3.42. The Kier molecular flexibility index (Phi) is 4.78. The Morgan fingerprint density at radius 3 is 2.36 bits per heavy atom. The molecule has 2 aromatic rings. The highest BCUT2D eigenvalue weighted by Crippen LogP contribution is 2.40. The molecule has 0 radical (unpaired) electrons. The van der Waals surface area contributed by atoms with Crippen LogP contribution in [0.1, 0.15) is 32.4 Å². The van der Waals surface area contributed by atoms with Gasteiger partial charge in [-0.25, -0.2) is 4.39 Å². The van der Waals surface area contributed by atoms with Crippen LogP contribution < -0.4 is 4.74 Å². The van der Waals surface area contributed by atoms with Crippen LogP contribution >= 0.6 is 11.6 Å². The van der Waals surface area contributed by atoms with Crippen LogP contribution in [0.5, 0.6) is 5.75 Å². The van der Waals surface area contributed by atoms with Gasteiger partial charge in [0.15, 0.2) is 0 Å². The maximum atomic E-state index is 14.3. The minimum Gasteiger partial charge on any atom is -0.497 e. The molecule has 0 aliphatic carbocycles. The molecule has 2 nitrogen and oxygen atoms in total. The van der Waals surface area contributed by atoms with Crippen molar-refractivity contribution < 1.29 is 14.2 Å². The molecule has 0 spiro atoms. The Labute approximate surface area is 135 Å². The van der Waals surface area contributed by atoms with E-state index in [1.807, 2.05) is 20.8 Å². The number of methoxy groups -OCH3 is 1. The maximum absolute atomic E-state index is 14.3. The second-order valence-corrected chi connectivity index (χ2v) is 6.78. The molecular weight excluding hydrogens is 303 g/mol. The number of halogens is 2. The molecule has 0 aliphatic heterocycles. The van der Waals surface area contributed by atoms with Crippen LogP contribution in [0.3, 0.4) is 0 Å². The SMILES string of the molecule is COc1ccc(F)c(-c2ccc(Cl)cc2C(O)C(C)(C)C)c1. The van der Waals surface area contributed by atoms with E-state index in [2.05, 4.69) is 0 Å². The van der Waals surface area contributed by atoms with Crippen LogP contribution in [0.25, 0.3) is 11.1 Å². The summed E-state index contributed by atoms with van der Waals surface area (Å²) in [7, 11) is 1.53. The average Bonchev–Trinajstić information content (AvgIpc) is 2.46. The van der Waals surface area contributed by atoms with Crippen molar-refractivity contribution in [1.29, 1.82) is 0 Å². The number of aliphatic hydroxyl groups excluding tert-OH is 1. The summed E-state index contributed by atoms with van der Waals surface area (Å²) in [4.78, 5) is 0. The molecule has 0 heterocycles. The Balaban J connectivity index is 2.66. The highest BCUT2D eigenvalue weighted by molar-refractivity contribution is 6.30. The Bertz CT molecular complexity index is 677. The molecule has 1 atom stereocenters. The summed E-state index contributed by atoms with van der Waals surface area (Å²) in [6.45, 7) is 5.76. The van der Waals surface area contributed by atoms with E-state index in [-0.39, 0.29) is 5.82 Å². The summed E-state index contributed by atoms with van der Waals surface area (Å²) >= 11 is 6.07. The van der Waals surface area contributed by atoms with Gasteiger partial charge in [0.1, 0.15) is 11.6 Å². The van der Waals surface area contributed by atoms with Gasteiger partial charge in [-0.3, -0.25) is 0 Å². The molecule has 4 heteroatoms. The average molecular weight is 323 g/mol. The smallest absolute Gasteiger partial charge is 0.131 e. The van der Waals surface area contributed by atoms with Gasteiger partial charge >= 0.3 is 0 Å². The van der Waals surface area contributed by atoms with E-state index in [1.165, 1.54) is 13.2 Å². The third-order valence-corrected chi connectivity index (χ3v) is 3.83. The Morgan fingerprint density at radius 1 is 1.09 bits per heavy atom. The predicted octanol–water partition coefficient (Wildman–Crippen LogP) is 5.23. The molecule has 0 aliphatic rings. The van der Waals surface area contributed by atoms with Crippen molar-refractivity contribution in [1.82, 2.24) is 0 Å². The van der Waals surface area contributed by atoms with Crippen molar-refractivity contribution in [2.24, 2.45) is 5.41 Å². The van der Waals surface area contributed by atoms with Gasteiger partial charge < -0.3 is 9.84 Å². The van der Waals surface area contributed by atoms with Gasteiger partial charge in [0.05, 0.1) is 13.2 Å². The lowest BCUT2D eigenvalue weighted by Gasteiger charge is -2.28. The molecular formula is C18H20ClFO2. The lowest BCUT2D eigenvalue weighted by atomic mass is 9.82. The summed E-state index contributed by atoms with van der Waals surface area (Å²) in [5.74, 6) is 0.188. The van der Waals surface area contributed by atoms with E-state index in [0.717, 1.165) is 0 Å². The summed E-state index contributed by atoms with van der Waals surface area (Å²) < 4.78 is 19.4. The van der Waals surface area contributed by atoms with Gasteiger partial charge in [-0.05, 0) is 46.9 Å². The van der Waals surface area contributed by atoms with Crippen LogP contribution in [0.2, 0.25) is 5.02 Å².